The van der Waals surface area contributed by atoms with Gasteiger partial charge in [0.25, 0.3) is 11.8 Å². The fourth-order valence-electron chi connectivity index (χ4n) is 3.08. The van der Waals surface area contributed by atoms with Crippen molar-refractivity contribution in [2.24, 2.45) is 5.10 Å². The third kappa shape index (κ3) is 8.32. The quantitative estimate of drug-likeness (QED) is 0.149. The standard InChI is InChI=1S/C25H20BrClF3N3O3S/c26-18-6-8-22(32-23(35)17-4-1-15(2-5-17)14-37-10-9-34)19(12-18)24(36)33-31-13-16-3-7-21(27)20(11-16)25(28,29)30/h1-8,11-13,34H,9-10,14H2,(H,32,35)(H,33,36)/b31-13+. The zero-order valence-electron chi connectivity index (χ0n) is 19.0. The maximum atomic E-state index is 13.0. The van der Waals surface area contributed by atoms with E-state index in [1.54, 1.807) is 30.0 Å². The van der Waals surface area contributed by atoms with Crippen LogP contribution in [0.25, 0.3) is 0 Å². The number of thioether (sulfide) groups is 1. The van der Waals surface area contributed by atoms with E-state index in [1.165, 1.54) is 18.2 Å². The molecule has 0 saturated carbocycles. The first-order valence-electron chi connectivity index (χ1n) is 10.7. The summed E-state index contributed by atoms with van der Waals surface area (Å²) in [4.78, 5) is 25.5. The van der Waals surface area contributed by atoms with Crippen LogP contribution < -0.4 is 10.7 Å². The molecule has 194 valence electrons. The van der Waals surface area contributed by atoms with E-state index in [2.05, 4.69) is 31.8 Å². The molecule has 37 heavy (non-hydrogen) atoms. The summed E-state index contributed by atoms with van der Waals surface area (Å²) in [5.74, 6) is 0.201. The van der Waals surface area contributed by atoms with Crippen LogP contribution in [0.4, 0.5) is 18.9 Å². The Labute approximate surface area is 228 Å². The molecule has 3 rings (SSSR count). The minimum atomic E-state index is -4.63. The first-order valence-corrected chi connectivity index (χ1v) is 13.0. The van der Waals surface area contributed by atoms with Gasteiger partial charge in [-0.3, -0.25) is 9.59 Å². The zero-order valence-corrected chi connectivity index (χ0v) is 22.1. The molecular weight excluding hydrogens is 595 g/mol. The number of halogens is 5. The lowest BCUT2D eigenvalue weighted by atomic mass is 10.1. The average Bonchev–Trinajstić information content (AvgIpc) is 2.86. The average molecular weight is 615 g/mol. The molecule has 0 spiro atoms. The Morgan fingerprint density at radius 3 is 2.46 bits per heavy atom. The highest BCUT2D eigenvalue weighted by atomic mass is 79.9. The number of hydrazone groups is 1. The van der Waals surface area contributed by atoms with E-state index in [9.17, 15) is 22.8 Å². The van der Waals surface area contributed by atoms with Crippen molar-refractivity contribution in [3.8, 4) is 0 Å². The number of aliphatic hydroxyl groups excluding tert-OH is 1. The summed E-state index contributed by atoms with van der Waals surface area (Å²) >= 11 is 10.5. The van der Waals surface area contributed by atoms with Crippen LogP contribution in [0.15, 0.2) is 70.2 Å². The second-order valence-electron chi connectivity index (χ2n) is 7.55. The van der Waals surface area contributed by atoms with Crippen LogP contribution in [-0.2, 0) is 11.9 Å². The fraction of sp³-hybridized carbons (Fsp3) is 0.160. The predicted octanol–water partition coefficient (Wildman–Crippen LogP) is 6.36. The van der Waals surface area contributed by atoms with Crippen molar-refractivity contribution < 1.29 is 27.9 Å². The summed E-state index contributed by atoms with van der Waals surface area (Å²) in [6.07, 6.45) is -3.58. The summed E-state index contributed by atoms with van der Waals surface area (Å²) in [5.41, 5.74) is 3.01. The third-order valence-corrected chi connectivity index (χ3v) is 6.70. The second-order valence-corrected chi connectivity index (χ2v) is 9.98. The van der Waals surface area contributed by atoms with Crippen LogP contribution in [-0.4, -0.2) is 35.5 Å². The van der Waals surface area contributed by atoms with Crippen molar-refractivity contribution in [3.63, 3.8) is 0 Å². The Bertz CT molecular complexity index is 1300. The number of nitrogens with zero attached hydrogens (tertiary/aromatic N) is 1. The normalized spacial score (nSPS) is 11.5. The number of rotatable bonds is 9. The molecule has 0 aromatic heterocycles. The molecule has 3 N–H and O–H groups in total. The molecule has 0 heterocycles. The smallest absolute Gasteiger partial charge is 0.396 e. The van der Waals surface area contributed by atoms with Crippen molar-refractivity contribution in [2.45, 2.75) is 11.9 Å². The second kappa shape index (κ2) is 13.1. The first-order chi connectivity index (χ1) is 17.6. The van der Waals surface area contributed by atoms with E-state index in [-0.39, 0.29) is 23.4 Å². The van der Waals surface area contributed by atoms with Gasteiger partial charge in [-0.1, -0.05) is 45.7 Å². The van der Waals surface area contributed by atoms with E-state index in [0.717, 1.165) is 23.9 Å². The van der Waals surface area contributed by atoms with E-state index in [0.29, 0.717) is 21.5 Å². The Morgan fingerprint density at radius 1 is 1.05 bits per heavy atom. The van der Waals surface area contributed by atoms with Gasteiger partial charge in [0.1, 0.15) is 0 Å². The number of anilines is 1. The number of benzene rings is 3. The van der Waals surface area contributed by atoms with Gasteiger partial charge in [0.2, 0.25) is 0 Å². The van der Waals surface area contributed by atoms with Crippen LogP contribution in [0, 0.1) is 0 Å². The van der Waals surface area contributed by atoms with E-state index in [1.807, 2.05) is 12.1 Å². The summed E-state index contributed by atoms with van der Waals surface area (Å²) in [7, 11) is 0. The molecule has 0 aliphatic rings. The SMILES string of the molecule is O=C(Nc1ccc(Br)cc1C(=O)N/N=C/c1ccc(Cl)c(C(F)(F)F)c1)c1ccc(CSCCO)cc1. The third-order valence-electron chi connectivity index (χ3n) is 4.87. The molecule has 0 saturated heterocycles. The molecule has 12 heteroatoms. The van der Waals surface area contributed by atoms with Gasteiger partial charge in [0.15, 0.2) is 0 Å². The lowest BCUT2D eigenvalue weighted by Crippen LogP contribution is -2.21. The summed E-state index contributed by atoms with van der Waals surface area (Å²) in [6.45, 7) is 0.0969. The Morgan fingerprint density at radius 2 is 1.78 bits per heavy atom. The largest absolute Gasteiger partial charge is 0.417 e. The predicted molar refractivity (Wildman–Crippen MR) is 143 cm³/mol. The number of nitrogens with one attached hydrogen (secondary N) is 2. The van der Waals surface area contributed by atoms with Gasteiger partial charge < -0.3 is 10.4 Å². The highest BCUT2D eigenvalue weighted by Crippen LogP contribution is 2.34. The summed E-state index contributed by atoms with van der Waals surface area (Å²) < 4.78 is 39.7. The number of hydrogen-bond acceptors (Lipinski definition) is 5. The monoisotopic (exact) mass is 613 g/mol. The van der Waals surface area contributed by atoms with E-state index < -0.39 is 28.6 Å². The number of alkyl halides is 3. The maximum absolute atomic E-state index is 13.0. The molecule has 0 aliphatic carbocycles. The van der Waals surface area contributed by atoms with Crippen LogP contribution in [0.1, 0.15) is 37.4 Å². The number of carbonyl (C=O) groups excluding carboxylic acids is 2. The minimum absolute atomic E-state index is 0.0815. The molecule has 0 unspecified atom stereocenters. The molecule has 2 amide bonds. The highest BCUT2D eigenvalue weighted by molar-refractivity contribution is 9.10. The van der Waals surface area contributed by atoms with Crippen LogP contribution in [0.3, 0.4) is 0 Å². The molecule has 0 atom stereocenters. The molecule has 0 radical (unpaired) electrons. The molecule has 0 aliphatic heterocycles. The molecule has 3 aromatic carbocycles. The van der Waals surface area contributed by atoms with Gasteiger partial charge in [-0.2, -0.15) is 30.0 Å². The lowest BCUT2D eigenvalue weighted by molar-refractivity contribution is -0.137. The van der Waals surface area contributed by atoms with Crippen molar-refractivity contribution in [1.29, 1.82) is 0 Å². The molecule has 0 bridgehead atoms. The number of carbonyl (C=O) groups is 2. The number of aliphatic hydroxyl groups is 1. The van der Waals surface area contributed by atoms with Crippen LogP contribution in [0.2, 0.25) is 5.02 Å². The van der Waals surface area contributed by atoms with Crippen LogP contribution >= 0.6 is 39.3 Å². The van der Waals surface area contributed by atoms with Gasteiger partial charge in [-0.25, -0.2) is 5.43 Å². The molecule has 0 fully saturated rings. The van der Waals surface area contributed by atoms with Gasteiger partial charge in [0.05, 0.1) is 34.7 Å². The Kier molecular flexibility index (Phi) is 10.2. The maximum Gasteiger partial charge on any atom is 0.417 e. The van der Waals surface area contributed by atoms with Gasteiger partial charge in [0, 0.05) is 21.5 Å². The van der Waals surface area contributed by atoms with Crippen molar-refractivity contribution >= 4 is 63.0 Å². The summed E-state index contributed by atoms with van der Waals surface area (Å²) in [5, 5.41) is 14.9. The number of hydrogen-bond donors (Lipinski definition) is 3. The van der Waals surface area contributed by atoms with Crippen LogP contribution in [0.5, 0.6) is 0 Å². The minimum Gasteiger partial charge on any atom is -0.396 e. The van der Waals surface area contributed by atoms with Crippen molar-refractivity contribution in [1.82, 2.24) is 5.43 Å². The topological polar surface area (TPSA) is 90.8 Å². The zero-order chi connectivity index (χ0) is 27.0. The van der Waals surface area contributed by atoms with Crippen molar-refractivity contribution in [2.75, 3.05) is 17.7 Å². The molecule has 3 aromatic rings. The lowest BCUT2D eigenvalue weighted by Gasteiger charge is -2.11. The van der Waals surface area contributed by atoms with Gasteiger partial charge in [-0.15, -0.1) is 0 Å². The molecule has 6 nitrogen and oxygen atoms in total. The van der Waals surface area contributed by atoms with E-state index >= 15 is 0 Å². The fourth-order valence-corrected chi connectivity index (χ4v) is 4.37. The molecular formula is C25H20BrClF3N3O3S. The summed E-state index contributed by atoms with van der Waals surface area (Å²) in [6, 6.07) is 14.8. The van der Waals surface area contributed by atoms with Gasteiger partial charge in [-0.05, 0) is 53.6 Å². The Balaban J connectivity index is 1.71. The first kappa shape index (κ1) is 28.7. The Hall–Kier alpha value is -2.86. The van der Waals surface area contributed by atoms with E-state index in [4.69, 9.17) is 16.7 Å². The van der Waals surface area contributed by atoms with Gasteiger partial charge >= 0.3 is 6.18 Å². The number of amides is 2. The highest BCUT2D eigenvalue weighted by Gasteiger charge is 2.33. The van der Waals surface area contributed by atoms with Crippen molar-refractivity contribution in [3.05, 3.63) is 98.0 Å².